The predicted molar refractivity (Wildman–Crippen MR) is 128 cm³/mol. The van der Waals surface area contributed by atoms with Crippen LogP contribution in [-0.4, -0.2) is 41.2 Å². The van der Waals surface area contributed by atoms with Crippen molar-refractivity contribution in [3.63, 3.8) is 0 Å². The Morgan fingerprint density at radius 1 is 0.971 bits per heavy atom. The van der Waals surface area contributed by atoms with Crippen molar-refractivity contribution in [2.75, 3.05) is 13.7 Å². The van der Waals surface area contributed by atoms with Crippen molar-refractivity contribution in [2.45, 2.75) is 19.0 Å². The number of benzene rings is 3. The fourth-order valence-corrected chi connectivity index (χ4v) is 5.17. The maximum Gasteiger partial charge on any atom is 0.261 e. The summed E-state index contributed by atoms with van der Waals surface area (Å²) >= 11 is 6.48. The Morgan fingerprint density at radius 2 is 1.63 bits per heavy atom. The highest BCUT2D eigenvalue weighted by molar-refractivity contribution is 6.31. The van der Waals surface area contributed by atoms with Gasteiger partial charge in [-0.25, -0.2) is 4.39 Å². The fraction of sp³-hybridized carbons (Fsp3) is 0.222. The lowest BCUT2D eigenvalue weighted by Crippen LogP contribution is -2.37. The molecule has 0 unspecified atom stereocenters. The minimum absolute atomic E-state index is 0.0225. The summed E-state index contributed by atoms with van der Waals surface area (Å²) in [6.07, 6.45) is 0.0983. The quantitative estimate of drug-likeness (QED) is 0.460. The van der Waals surface area contributed by atoms with Crippen molar-refractivity contribution in [2.24, 2.45) is 5.92 Å². The van der Waals surface area contributed by atoms with Crippen LogP contribution >= 0.6 is 11.6 Å². The summed E-state index contributed by atoms with van der Waals surface area (Å²) in [7, 11) is 1.57. The molecule has 2 atom stereocenters. The van der Waals surface area contributed by atoms with Crippen LogP contribution in [0.15, 0.2) is 66.7 Å². The van der Waals surface area contributed by atoms with E-state index in [0.717, 1.165) is 5.56 Å². The predicted octanol–water partition coefficient (Wildman–Crippen LogP) is 4.87. The van der Waals surface area contributed by atoms with Crippen molar-refractivity contribution in [1.82, 2.24) is 9.80 Å². The molecule has 178 valence electrons. The highest BCUT2D eigenvalue weighted by Gasteiger charge is 2.45. The molecule has 3 aromatic carbocycles. The van der Waals surface area contributed by atoms with Crippen molar-refractivity contribution in [3.05, 3.63) is 99.8 Å². The molecule has 0 radical (unpaired) electrons. The molecule has 0 bridgehead atoms. The third kappa shape index (κ3) is 4.17. The van der Waals surface area contributed by atoms with E-state index in [1.54, 1.807) is 48.4 Å². The lowest BCUT2D eigenvalue weighted by atomic mass is 9.92. The fourth-order valence-electron chi connectivity index (χ4n) is 4.94. The van der Waals surface area contributed by atoms with E-state index in [4.69, 9.17) is 16.3 Å². The monoisotopic (exact) mass is 492 g/mol. The van der Waals surface area contributed by atoms with Crippen LogP contribution in [0.5, 0.6) is 5.75 Å². The Balaban J connectivity index is 1.49. The van der Waals surface area contributed by atoms with E-state index in [9.17, 15) is 18.8 Å². The maximum absolute atomic E-state index is 14.3. The number of ether oxygens (including phenoxy) is 1. The first kappa shape index (κ1) is 23.1. The second-order valence-corrected chi connectivity index (χ2v) is 9.12. The minimum Gasteiger partial charge on any atom is -0.497 e. The average Bonchev–Trinajstić information content (AvgIpc) is 3.29. The Bertz CT molecular complexity index is 1290. The van der Waals surface area contributed by atoms with Gasteiger partial charge in [0, 0.05) is 30.5 Å². The number of hydrogen-bond acceptors (Lipinski definition) is 4. The zero-order valence-electron chi connectivity index (χ0n) is 18.9. The van der Waals surface area contributed by atoms with Crippen LogP contribution in [0, 0.1) is 11.7 Å². The molecule has 8 heteroatoms. The number of likely N-dealkylation sites (tertiary alicyclic amines) is 1. The third-order valence-corrected chi connectivity index (χ3v) is 6.97. The number of methoxy groups -OCH3 is 1. The van der Waals surface area contributed by atoms with Crippen LogP contribution < -0.4 is 4.74 Å². The Morgan fingerprint density at radius 3 is 2.26 bits per heavy atom. The SMILES string of the molecule is COc1ccc(CN2C(=O)C[C@@H](CN3C(=O)c4ccccc4C3=O)[C@@H]2c2cc(F)ccc2Cl)cc1. The molecule has 1 fully saturated rings. The molecule has 6 nitrogen and oxygen atoms in total. The van der Waals surface area contributed by atoms with Gasteiger partial charge in [-0.3, -0.25) is 19.3 Å². The first-order chi connectivity index (χ1) is 16.9. The van der Waals surface area contributed by atoms with Crippen LogP contribution in [-0.2, 0) is 11.3 Å². The van der Waals surface area contributed by atoms with Gasteiger partial charge in [0.2, 0.25) is 5.91 Å². The molecule has 5 rings (SSSR count). The van der Waals surface area contributed by atoms with Crippen LogP contribution in [0.25, 0.3) is 0 Å². The molecule has 1 saturated heterocycles. The molecule has 35 heavy (non-hydrogen) atoms. The number of amides is 3. The summed E-state index contributed by atoms with van der Waals surface area (Å²) in [4.78, 5) is 42.0. The van der Waals surface area contributed by atoms with E-state index in [1.807, 2.05) is 12.1 Å². The van der Waals surface area contributed by atoms with Gasteiger partial charge in [-0.05, 0) is 53.6 Å². The summed E-state index contributed by atoms with van der Waals surface area (Å²) in [5.74, 6) is -1.19. The molecule has 2 aliphatic rings. The highest BCUT2D eigenvalue weighted by atomic mass is 35.5. The number of carbonyl (C=O) groups excluding carboxylic acids is 3. The van der Waals surface area contributed by atoms with E-state index in [2.05, 4.69) is 0 Å². The summed E-state index contributed by atoms with van der Waals surface area (Å²) in [6, 6.07) is 17.4. The number of hydrogen-bond donors (Lipinski definition) is 0. The number of imide groups is 1. The summed E-state index contributed by atoms with van der Waals surface area (Å²) in [5, 5.41) is 0.318. The Hall–Kier alpha value is -3.71. The van der Waals surface area contributed by atoms with E-state index < -0.39 is 29.6 Å². The van der Waals surface area contributed by atoms with E-state index in [1.165, 1.54) is 23.1 Å². The lowest BCUT2D eigenvalue weighted by Gasteiger charge is -2.31. The molecule has 0 saturated carbocycles. The number of fused-ring (bicyclic) bond motifs is 1. The number of nitrogens with zero attached hydrogens (tertiary/aromatic N) is 2. The molecule has 2 heterocycles. The molecule has 2 aliphatic heterocycles. The standard InChI is InChI=1S/C27H22ClFN2O4/c1-35-19-9-6-16(7-10-19)14-30-24(32)12-17(25(30)22-13-18(29)8-11-23(22)28)15-31-26(33)20-4-2-3-5-21(20)27(31)34/h2-11,13,17,25H,12,14-15H2,1H3/t17-,25+/m0/s1. The smallest absolute Gasteiger partial charge is 0.261 e. The Labute approximate surface area is 206 Å². The first-order valence-corrected chi connectivity index (χ1v) is 11.6. The lowest BCUT2D eigenvalue weighted by molar-refractivity contribution is -0.129. The van der Waals surface area contributed by atoms with Crippen LogP contribution in [0.2, 0.25) is 5.02 Å². The summed E-state index contributed by atoms with van der Waals surface area (Å²) in [6.45, 7) is 0.285. The molecular weight excluding hydrogens is 471 g/mol. The van der Waals surface area contributed by atoms with Gasteiger partial charge in [0.1, 0.15) is 11.6 Å². The van der Waals surface area contributed by atoms with Crippen molar-refractivity contribution in [3.8, 4) is 5.75 Å². The first-order valence-electron chi connectivity index (χ1n) is 11.2. The summed E-state index contributed by atoms with van der Waals surface area (Å²) < 4.78 is 19.5. The molecule has 0 N–H and O–H groups in total. The maximum atomic E-state index is 14.3. The highest BCUT2D eigenvalue weighted by Crippen LogP contribution is 2.43. The zero-order chi connectivity index (χ0) is 24.7. The minimum atomic E-state index is -0.614. The van der Waals surface area contributed by atoms with Gasteiger partial charge in [-0.15, -0.1) is 0 Å². The van der Waals surface area contributed by atoms with E-state index >= 15 is 0 Å². The number of carbonyl (C=O) groups is 3. The van der Waals surface area contributed by atoms with Crippen LogP contribution in [0.4, 0.5) is 4.39 Å². The molecule has 0 aromatic heterocycles. The van der Waals surface area contributed by atoms with Gasteiger partial charge in [0.25, 0.3) is 11.8 Å². The van der Waals surface area contributed by atoms with Gasteiger partial charge in [0.05, 0.1) is 24.3 Å². The van der Waals surface area contributed by atoms with Crippen molar-refractivity contribution < 1.29 is 23.5 Å². The van der Waals surface area contributed by atoms with E-state index in [0.29, 0.717) is 27.5 Å². The van der Waals surface area contributed by atoms with Gasteiger partial charge < -0.3 is 9.64 Å². The van der Waals surface area contributed by atoms with Gasteiger partial charge in [-0.1, -0.05) is 35.9 Å². The molecule has 0 spiro atoms. The number of halogens is 2. The van der Waals surface area contributed by atoms with Gasteiger partial charge in [-0.2, -0.15) is 0 Å². The second kappa shape index (κ2) is 9.15. The average molecular weight is 493 g/mol. The third-order valence-electron chi connectivity index (χ3n) is 6.62. The topological polar surface area (TPSA) is 66.9 Å². The number of rotatable bonds is 6. The molecule has 3 aromatic rings. The van der Waals surface area contributed by atoms with Crippen molar-refractivity contribution >= 4 is 29.3 Å². The zero-order valence-corrected chi connectivity index (χ0v) is 19.7. The molecule has 0 aliphatic carbocycles. The van der Waals surface area contributed by atoms with Gasteiger partial charge in [0.15, 0.2) is 0 Å². The van der Waals surface area contributed by atoms with Crippen molar-refractivity contribution in [1.29, 1.82) is 0 Å². The van der Waals surface area contributed by atoms with Crippen LogP contribution in [0.1, 0.15) is 44.3 Å². The largest absolute Gasteiger partial charge is 0.497 e. The van der Waals surface area contributed by atoms with E-state index in [-0.39, 0.29) is 25.4 Å². The molecular formula is C27H22ClFN2O4. The Kier molecular flexibility index (Phi) is 6.03. The second-order valence-electron chi connectivity index (χ2n) is 8.71. The normalized spacial score (nSPS) is 19.5. The van der Waals surface area contributed by atoms with Crippen LogP contribution in [0.3, 0.4) is 0 Å². The molecule has 3 amide bonds. The summed E-state index contributed by atoms with van der Waals surface area (Å²) in [5.41, 5.74) is 2.00. The van der Waals surface area contributed by atoms with Gasteiger partial charge >= 0.3 is 0 Å².